The molecule has 0 aliphatic heterocycles. The zero-order valence-corrected chi connectivity index (χ0v) is 19.0. The number of carbonyl (C=O) groups excluding carboxylic acids is 1. The van der Waals surface area contributed by atoms with Crippen molar-refractivity contribution in [2.75, 3.05) is 23.7 Å². The first-order valence-corrected chi connectivity index (χ1v) is 11.5. The Labute approximate surface area is 182 Å². The van der Waals surface area contributed by atoms with Crippen LogP contribution in [0.15, 0.2) is 36.4 Å². The molecule has 0 unspecified atom stereocenters. The van der Waals surface area contributed by atoms with E-state index in [0.717, 1.165) is 27.8 Å². The van der Waals surface area contributed by atoms with E-state index in [1.165, 1.54) is 19.1 Å². The molecule has 2 aromatic carbocycles. The molecule has 0 fully saturated rings. The van der Waals surface area contributed by atoms with E-state index in [-0.39, 0.29) is 24.5 Å². The molecule has 0 aliphatic rings. The van der Waals surface area contributed by atoms with Crippen molar-refractivity contribution in [1.29, 1.82) is 0 Å². The molecule has 168 valence electrons. The summed E-state index contributed by atoms with van der Waals surface area (Å²) in [6, 6.07) is 8.57. The number of nitro groups is 1. The minimum absolute atomic E-state index is 0.0887. The molecule has 0 radical (unpaired) electrons. The number of non-ortho nitro benzene ring substituents is 1. The summed E-state index contributed by atoms with van der Waals surface area (Å²) in [4.78, 5) is 23.2. The van der Waals surface area contributed by atoms with Crippen LogP contribution in [0, 0.1) is 30.9 Å². The molecule has 0 saturated heterocycles. The number of carbonyl (C=O) groups is 1. The molecule has 2 rings (SSSR count). The Bertz CT molecular complexity index is 1060. The predicted molar refractivity (Wildman–Crippen MR) is 119 cm³/mol. The summed E-state index contributed by atoms with van der Waals surface area (Å²) in [5, 5.41) is 13.8. The van der Waals surface area contributed by atoms with Crippen LogP contribution in [0.5, 0.6) is 5.75 Å². The zero-order chi connectivity index (χ0) is 23.3. The highest BCUT2D eigenvalue weighted by atomic mass is 32.2. The Morgan fingerprint density at radius 3 is 2.32 bits per heavy atom. The van der Waals surface area contributed by atoms with Gasteiger partial charge in [0.15, 0.2) is 0 Å². The van der Waals surface area contributed by atoms with Gasteiger partial charge in [0.1, 0.15) is 18.4 Å². The fourth-order valence-electron chi connectivity index (χ4n) is 3.24. The summed E-state index contributed by atoms with van der Waals surface area (Å²) in [7, 11) is -3.89. The molecule has 0 bridgehead atoms. The minimum Gasteiger partial charge on any atom is -0.492 e. The van der Waals surface area contributed by atoms with Crippen LogP contribution in [-0.2, 0) is 14.8 Å². The first kappa shape index (κ1) is 24.1. The molecular formula is C21H27N3O6S. The largest absolute Gasteiger partial charge is 0.492 e. The lowest BCUT2D eigenvalue weighted by molar-refractivity contribution is -0.384. The summed E-state index contributed by atoms with van der Waals surface area (Å²) in [6.07, 6.45) is 0.957. The van der Waals surface area contributed by atoms with Gasteiger partial charge >= 0.3 is 0 Å². The number of benzene rings is 2. The van der Waals surface area contributed by atoms with Gasteiger partial charge in [0.05, 0.1) is 23.4 Å². The third kappa shape index (κ3) is 6.42. The SMILES string of the molecule is Cc1cc(C)cc(OCCNC(=O)[C@H](C)N(c2cc([N+](=O)[O-])ccc2C)S(C)(=O)=O)c1. The summed E-state index contributed by atoms with van der Waals surface area (Å²) < 4.78 is 31.4. The van der Waals surface area contributed by atoms with Crippen molar-refractivity contribution >= 4 is 27.3 Å². The van der Waals surface area contributed by atoms with E-state index in [1.54, 1.807) is 6.92 Å². The number of hydrogen-bond acceptors (Lipinski definition) is 6. The van der Waals surface area contributed by atoms with Gasteiger partial charge in [-0.05, 0) is 56.5 Å². The van der Waals surface area contributed by atoms with E-state index in [9.17, 15) is 23.3 Å². The highest BCUT2D eigenvalue weighted by Crippen LogP contribution is 2.29. The first-order valence-electron chi connectivity index (χ1n) is 9.63. The highest BCUT2D eigenvalue weighted by Gasteiger charge is 2.31. The van der Waals surface area contributed by atoms with Crippen LogP contribution < -0.4 is 14.4 Å². The summed E-state index contributed by atoms with van der Waals surface area (Å²) >= 11 is 0. The predicted octanol–water partition coefficient (Wildman–Crippen LogP) is 2.87. The smallest absolute Gasteiger partial charge is 0.271 e. The fraction of sp³-hybridized carbons (Fsp3) is 0.381. The second kappa shape index (κ2) is 9.78. The zero-order valence-electron chi connectivity index (χ0n) is 18.2. The fourth-order valence-corrected chi connectivity index (χ4v) is 4.46. The van der Waals surface area contributed by atoms with Gasteiger partial charge < -0.3 is 10.1 Å². The molecule has 0 aromatic heterocycles. The van der Waals surface area contributed by atoms with E-state index in [1.807, 2.05) is 32.0 Å². The van der Waals surface area contributed by atoms with Crippen LogP contribution in [0.2, 0.25) is 0 Å². The number of nitrogens with one attached hydrogen (secondary N) is 1. The van der Waals surface area contributed by atoms with E-state index < -0.39 is 26.9 Å². The number of hydrogen-bond donors (Lipinski definition) is 1. The molecule has 2 aromatic rings. The van der Waals surface area contributed by atoms with Crippen molar-refractivity contribution in [3.63, 3.8) is 0 Å². The summed E-state index contributed by atoms with van der Waals surface area (Å²) in [5.74, 6) is 0.144. The molecule has 10 heteroatoms. The van der Waals surface area contributed by atoms with Crippen LogP contribution in [0.4, 0.5) is 11.4 Å². The topological polar surface area (TPSA) is 119 Å². The molecular weight excluding hydrogens is 422 g/mol. The van der Waals surface area contributed by atoms with Crippen molar-refractivity contribution in [2.24, 2.45) is 0 Å². The highest BCUT2D eigenvalue weighted by molar-refractivity contribution is 7.92. The molecule has 0 aliphatic carbocycles. The third-order valence-corrected chi connectivity index (χ3v) is 5.82. The van der Waals surface area contributed by atoms with E-state index in [0.29, 0.717) is 11.3 Å². The van der Waals surface area contributed by atoms with Crippen molar-refractivity contribution in [3.8, 4) is 5.75 Å². The van der Waals surface area contributed by atoms with Gasteiger partial charge in [-0.3, -0.25) is 19.2 Å². The Morgan fingerprint density at radius 1 is 1.16 bits per heavy atom. The molecule has 31 heavy (non-hydrogen) atoms. The van der Waals surface area contributed by atoms with Gasteiger partial charge in [0.2, 0.25) is 15.9 Å². The lowest BCUT2D eigenvalue weighted by Crippen LogP contribution is -2.48. The maximum atomic E-state index is 12.6. The standard InChI is InChI=1S/C21H27N3O6S/c1-14-10-15(2)12-19(11-14)30-9-8-22-21(25)17(4)23(31(5,28)29)20-13-18(24(26)27)7-6-16(20)3/h6-7,10-13,17H,8-9H2,1-5H3,(H,22,25)/t17-/m0/s1. The van der Waals surface area contributed by atoms with Gasteiger partial charge in [0.25, 0.3) is 5.69 Å². The normalized spacial score (nSPS) is 12.2. The number of anilines is 1. The van der Waals surface area contributed by atoms with Crippen molar-refractivity contribution < 1.29 is 22.9 Å². The second-order valence-corrected chi connectivity index (χ2v) is 9.29. The average molecular weight is 450 g/mol. The third-order valence-electron chi connectivity index (χ3n) is 4.59. The second-order valence-electron chi connectivity index (χ2n) is 7.43. The summed E-state index contributed by atoms with van der Waals surface area (Å²) in [6.45, 7) is 7.34. The van der Waals surface area contributed by atoms with Crippen molar-refractivity contribution in [3.05, 3.63) is 63.2 Å². The average Bonchev–Trinajstić information content (AvgIpc) is 2.64. The molecule has 0 spiro atoms. The number of rotatable bonds is 9. The minimum atomic E-state index is -3.89. The van der Waals surface area contributed by atoms with Crippen LogP contribution in [0.3, 0.4) is 0 Å². The number of sulfonamides is 1. The van der Waals surface area contributed by atoms with Crippen LogP contribution in [0.1, 0.15) is 23.6 Å². The molecule has 0 saturated carbocycles. The molecule has 9 nitrogen and oxygen atoms in total. The number of nitrogens with zero attached hydrogens (tertiary/aromatic N) is 2. The van der Waals surface area contributed by atoms with Gasteiger partial charge in [-0.25, -0.2) is 8.42 Å². The van der Waals surface area contributed by atoms with Crippen molar-refractivity contribution in [2.45, 2.75) is 33.7 Å². The first-order chi connectivity index (χ1) is 14.4. The molecule has 1 N–H and O–H groups in total. The van der Waals surface area contributed by atoms with E-state index >= 15 is 0 Å². The lowest BCUT2D eigenvalue weighted by atomic mass is 10.1. The number of aryl methyl sites for hydroxylation is 3. The van der Waals surface area contributed by atoms with Crippen LogP contribution in [0.25, 0.3) is 0 Å². The monoisotopic (exact) mass is 449 g/mol. The Hall–Kier alpha value is -3.14. The van der Waals surface area contributed by atoms with Crippen molar-refractivity contribution in [1.82, 2.24) is 5.32 Å². The van der Waals surface area contributed by atoms with Gasteiger partial charge in [-0.1, -0.05) is 12.1 Å². The summed E-state index contributed by atoms with van der Waals surface area (Å²) in [5.41, 5.74) is 2.44. The van der Waals surface area contributed by atoms with Gasteiger partial charge in [-0.15, -0.1) is 0 Å². The lowest BCUT2D eigenvalue weighted by Gasteiger charge is -2.29. The van der Waals surface area contributed by atoms with Crippen LogP contribution in [-0.4, -0.2) is 44.7 Å². The maximum absolute atomic E-state index is 12.6. The number of nitro benzene ring substituents is 1. The van der Waals surface area contributed by atoms with E-state index in [2.05, 4.69) is 5.32 Å². The number of amides is 1. The van der Waals surface area contributed by atoms with Gasteiger partial charge in [-0.2, -0.15) is 0 Å². The quantitative estimate of drug-likeness (QED) is 0.357. The van der Waals surface area contributed by atoms with E-state index in [4.69, 9.17) is 4.74 Å². The maximum Gasteiger partial charge on any atom is 0.271 e. The van der Waals surface area contributed by atoms with Gasteiger partial charge in [0, 0.05) is 12.1 Å². The van der Waals surface area contributed by atoms with Crippen LogP contribution >= 0.6 is 0 Å². The number of ether oxygens (including phenoxy) is 1. The molecule has 0 heterocycles. The Balaban J connectivity index is 2.11. The Morgan fingerprint density at radius 2 is 1.77 bits per heavy atom. The molecule has 1 amide bonds. The Kier molecular flexibility index (Phi) is 7.61. The molecule has 1 atom stereocenters.